The van der Waals surface area contributed by atoms with Crippen molar-refractivity contribution in [2.24, 2.45) is 0 Å². The number of aldehydes is 1. The molecule has 0 aromatic carbocycles. The Morgan fingerprint density at radius 2 is 2.21 bits per heavy atom. The average molecular weight is 329 g/mol. The van der Waals surface area contributed by atoms with Gasteiger partial charge in [0, 0.05) is 9.80 Å². The maximum absolute atomic E-state index is 12.5. The summed E-state index contributed by atoms with van der Waals surface area (Å²) in [6, 6.07) is 1.46. The van der Waals surface area contributed by atoms with Crippen LogP contribution in [0.25, 0.3) is 0 Å². The summed E-state index contributed by atoms with van der Waals surface area (Å²) in [4.78, 5) is 14.3. The van der Waals surface area contributed by atoms with E-state index in [0.717, 1.165) is 0 Å². The number of alkyl halides is 3. The number of pyridine rings is 1. The van der Waals surface area contributed by atoms with Gasteiger partial charge in [-0.25, -0.2) is 13.8 Å². The van der Waals surface area contributed by atoms with Crippen molar-refractivity contribution in [3.05, 3.63) is 27.5 Å². The first kappa shape index (κ1) is 11.7. The first-order valence-corrected chi connectivity index (χ1v) is 5.50. The topological polar surface area (TPSA) is 30.0 Å². The average Bonchev–Trinajstić information content (AvgIpc) is 2.15. The van der Waals surface area contributed by atoms with Crippen LogP contribution in [0.1, 0.15) is 28.2 Å². The summed E-state index contributed by atoms with van der Waals surface area (Å²) >= 11 is 6.11. The number of carbonyl (C=O) groups excluding carboxylic acids is 1. The third-order valence-electron chi connectivity index (χ3n) is 1.56. The lowest BCUT2D eigenvalue weighted by Gasteiger charge is -2.07. The third kappa shape index (κ3) is 2.36. The van der Waals surface area contributed by atoms with Crippen molar-refractivity contribution >= 4 is 38.1 Å². The van der Waals surface area contributed by atoms with Crippen LogP contribution in [0.4, 0.5) is 8.78 Å². The van der Waals surface area contributed by atoms with Crippen molar-refractivity contribution in [1.29, 1.82) is 0 Å². The molecule has 1 rings (SSSR count). The molecule has 0 radical (unpaired) electrons. The smallest absolute Gasteiger partial charge is 0.267 e. The number of hydrogen-bond donors (Lipinski definition) is 0. The van der Waals surface area contributed by atoms with Gasteiger partial charge >= 0.3 is 0 Å². The van der Waals surface area contributed by atoms with Crippen molar-refractivity contribution < 1.29 is 13.6 Å². The summed E-state index contributed by atoms with van der Waals surface area (Å²) in [6.45, 7) is 0. The van der Waals surface area contributed by atoms with Crippen molar-refractivity contribution in [2.75, 3.05) is 0 Å². The number of hydrogen-bond acceptors (Lipinski definition) is 2. The highest BCUT2D eigenvalue weighted by Gasteiger charge is 2.18. The number of nitrogens with zero attached hydrogens (tertiary/aromatic N) is 1. The molecule has 0 aliphatic heterocycles. The van der Waals surface area contributed by atoms with Gasteiger partial charge in [0.25, 0.3) is 6.43 Å². The fraction of sp³-hybridized carbons (Fsp3) is 0.250. The van der Waals surface area contributed by atoms with E-state index in [4.69, 9.17) is 0 Å². The Kier molecular flexibility index (Phi) is 4.12. The Morgan fingerprint density at radius 3 is 2.64 bits per heavy atom. The zero-order valence-electron chi connectivity index (χ0n) is 6.81. The Bertz CT molecular complexity index is 357. The first-order chi connectivity index (χ1) is 6.60. The molecular formula is C8H5Br2F2NO. The molecule has 1 aromatic rings. The molecule has 0 bridgehead atoms. The van der Waals surface area contributed by atoms with Gasteiger partial charge in [-0.2, -0.15) is 0 Å². The van der Waals surface area contributed by atoms with E-state index in [-0.39, 0.29) is 15.7 Å². The zero-order valence-corrected chi connectivity index (χ0v) is 9.98. The molecule has 0 saturated heterocycles. The van der Waals surface area contributed by atoms with Crippen LogP contribution in [0.5, 0.6) is 0 Å². The molecule has 1 heterocycles. The molecule has 0 aliphatic rings. The van der Waals surface area contributed by atoms with Gasteiger partial charge in [-0.15, -0.1) is 0 Å². The zero-order chi connectivity index (χ0) is 10.7. The van der Waals surface area contributed by atoms with Crippen LogP contribution in [-0.2, 0) is 5.33 Å². The third-order valence-corrected chi connectivity index (χ3v) is 2.79. The summed E-state index contributed by atoms with van der Waals surface area (Å²) in [5, 5.41) is 0.413. The molecule has 14 heavy (non-hydrogen) atoms. The lowest BCUT2D eigenvalue weighted by atomic mass is 10.2. The Morgan fingerprint density at radius 1 is 1.57 bits per heavy atom. The molecule has 0 N–H and O–H groups in total. The van der Waals surface area contributed by atoms with Crippen molar-refractivity contribution in [3.63, 3.8) is 0 Å². The predicted octanol–water partition coefficient (Wildman–Crippen LogP) is 3.49. The molecule has 76 valence electrons. The highest BCUT2D eigenvalue weighted by molar-refractivity contribution is 9.10. The fourth-order valence-electron chi connectivity index (χ4n) is 0.968. The lowest BCUT2D eigenvalue weighted by molar-refractivity contribution is 0.110. The molecule has 6 heteroatoms. The maximum Gasteiger partial charge on any atom is 0.267 e. The van der Waals surface area contributed by atoms with Crippen molar-refractivity contribution in [3.8, 4) is 0 Å². The molecule has 0 saturated carbocycles. The number of carbonyl (C=O) groups is 1. The minimum absolute atomic E-state index is 0.207. The van der Waals surface area contributed by atoms with Crippen LogP contribution in [0.2, 0.25) is 0 Å². The van der Waals surface area contributed by atoms with Gasteiger partial charge in [0.15, 0.2) is 6.29 Å². The van der Waals surface area contributed by atoms with Crippen LogP contribution in [0, 0.1) is 0 Å². The second-order valence-corrected chi connectivity index (χ2v) is 3.86. The standard InChI is InChI=1S/C8H5Br2F2NO/c9-2-4-1-5(10)7(8(11)12)6(3-14)13-4/h1,3,8H,2H2. The summed E-state index contributed by atoms with van der Waals surface area (Å²) in [7, 11) is 0. The summed E-state index contributed by atoms with van der Waals surface area (Å²) in [5.74, 6) is 0. The lowest BCUT2D eigenvalue weighted by Crippen LogP contribution is -2.01. The molecule has 2 nitrogen and oxygen atoms in total. The summed E-state index contributed by atoms with van der Waals surface area (Å²) < 4.78 is 25.1. The molecular weight excluding hydrogens is 324 g/mol. The largest absolute Gasteiger partial charge is 0.296 e. The van der Waals surface area contributed by atoms with Gasteiger partial charge in [0.1, 0.15) is 5.69 Å². The summed E-state index contributed by atoms with van der Waals surface area (Å²) in [6.07, 6.45) is -2.38. The fourth-order valence-corrected chi connectivity index (χ4v) is 1.90. The molecule has 0 spiro atoms. The Balaban J connectivity index is 3.34. The molecule has 1 aromatic heterocycles. The van der Waals surface area contributed by atoms with Gasteiger partial charge in [-0.05, 0) is 6.07 Å². The van der Waals surface area contributed by atoms with E-state index in [1.54, 1.807) is 0 Å². The van der Waals surface area contributed by atoms with Gasteiger partial charge < -0.3 is 0 Å². The highest BCUT2D eigenvalue weighted by atomic mass is 79.9. The van der Waals surface area contributed by atoms with Crippen LogP contribution in [-0.4, -0.2) is 11.3 Å². The van der Waals surface area contributed by atoms with E-state index in [1.165, 1.54) is 6.07 Å². The van der Waals surface area contributed by atoms with E-state index in [9.17, 15) is 13.6 Å². The van der Waals surface area contributed by atoms with Gasteiger partial charge in [0.05, 0.1) is 11.3 Å². The predicted molar refractivity (Wildman–Crippen MR) is 54.9 cm³/mol. The molecule has 0 atom stereocenters. The van der Waals surface area contributed by atoms with Crippen LogP contribution in [0.15, 0.2) is 10.5 Å². The number of rotatable bonds is 3. The molecule has 0 fully saturated rings. The SMILES string of the molecule is O=Cc1nc(CBr)cc(Br)c1C(F)F. The molecule has 0 unspecified atom stereocenters. The van der Waals surface area contributed by atoms with Crippen molar-refractivity contribution in [2.45, 2.75) is 11.8 Å². The van der Waals surface area contributed by atoms with Gasteiger partial charge in [-0.1, -0.05) is 31.9 Å². The van der Waals surface area contributed by atoms with E-state index in [1.807, 2.05) is 0 Å². The monoisotopic (exact) mass is 327 g/mol. The normalized spacial score (nSPS) is 10.6. The van der Waals surface area contributed by atoms with Crippen LogP contribution < -0.4 is 0 Å². The second-order valence-electron chi connectivity index (χ2n) is 2.45. The van der Waals surface area contributed by atoms with Gasteiger partial charge in [-0.3, -0.25) is 4.79 Å². The number of aromatic nitrogens is 1. The van der Waals surface area contributed by atoms with E-state index in [2.05, 4.69) is 36.8 Å². The van der Waals surface area contributed by atoms with Crippen LogP contribution >= 0.6 is 31.9 Å². The second kappa shape index (κ2) is 4.93. The van der Waals surface area contributed by atoms with E-state index in [0.29, 0.717) is 17.3 Å². The minimum Gasteiger partial charge on any atom is -0.296 e. The number of halogens is 4. The Labute approximate surface area is 96.0 Å². The first-order valence-electron chi connectivity index (χ1n) is 3.58. The van der Waals surface area contributed by atoms with E-state index >= 15 is 0 Å². The quantitative estimate of drug-likeness (QED) is 0.628. The maximum atomic E-state index is 12.5. The molecule has 0 aliphatic carbocycles. The van der Waals surface area contributed by atoms with E-state index < -0.39 is 6.43 Å². The van der Waals surface area contributed by atoms with Gasteiger partial charge in [0.2, 0.25) is 0 Å². The van der Waals surface area contributed by atoms with Crippen molar-refractivity contribution in [1.82, 2.24) is 4.98 Å². The molecule has 0 amide bonds. The minimum atomic E-state index is -2.71. The summed E-state index contributed by atoms with van der Waals surface area (Å²) in [5.41, 5.74) is -0.0445. The Hall–Kier alpha value is -0.360. The highest BCUT2D eigenvalue weighted by Crippen LogP contribution is 2.30. The van der Waals surface area contributed by atoms with Crippen LogP contribution in [0.3, 0.4) is 0 Å².